The molecule has 3 aromatic carbocycles. The summed E-state index contributed by atoms with van der Waals surface area (Å²) in [7, 11) is 0. The zero-order valence-electron chi connectivity index (χ0n) is 11.7. The van der Waals surface area contributed by atoms with Crippen LogP contribution < -0.4 is 0 Å². The van der Waals surface area contributed by atoms with Gasteiger partial charge in [0.1, 0.15) is 0 Å². The molecule has 3 aromatic rings. The summed E-state index contributed by atoms with van der Waals surface area (Å²) in [5.74, 6) is 0. The van der Waals surface area contributed by atoms with Crippen molar-refractivity contribution in [3.8, 4) is 0 Å². The van der Waals surface area contributed by atoms with Crippen LogP contribution in [0.25, 0.3) is 21.5 Å². The van der Waals surface area contributed by atoms with E-state index >= 15 is 0 Å². The Kier molecular flexibility index (Phi) is 12.5. The van der Waals surface area contributed by atoms with Crippen molar-refractivity contribution in [2.24, 2.45) is 0 Å². The van der Waals surface area contributed by atoms with Crippen LogP contribution in [0.2, 0.25) is 0 Å². The molecule has 0 amide bonds. The fraction of sp³-hybridized carbons (Fsp3) is 0. The summed E-state index contributed by atoms with van der Waals surface area (Å²) in [5.41, 5.74) is 0. The van der Waals surface area contributed by atoms with Crippen LogP contribution in [0.5, 0.6) is 0 Å². The Balaban J connectivity index is 0. The second kappa shape index (κ2) is 12.4. The molecule has 0 aliphatic carbocycles. The van der Waals surface area contributed by atoms with Crippen molar-refractivity contribution in [1.29, 1.82) is 0 Å². The number of nitrogens with zero attached hydrogens (tertiary/aromatic N) is 2. The van der Waals surface area contributed by atoms with E-state index in [0.717, 1.165) is 0 Å². The van der Waals surface area contributed by atoms with E-state index in [-0.39, 0.29) is 42.1 Å². The first-order valence-corrected chi connectivity index (χ1v) is 5.77. The molecule has 0 aromatic heterocycles. The van der Waals surface area contributed by atoms with E-state index < -0.39 is 10.2 Å². The smallest absolute Gasteiger partial charge is 0.291 e. The van der Waals surface area contributed by atoms with Gasteiger partial charge in [-0.05, 0) is 0 Å². The van der Waals surface area contributed by atoms with Crippen LogP contribution in [0.4, 0.5) is 0 Å². The van der Waals surface area contributed by atoms with Crippen LogP contribution in [-0.4, -0.2) is 20.6 Å². The average molecular weight is 692 g/mol. The molecule has 0 aliphatic rings. The maximum Gasteiger partial charge on any atom is 0.291 e. The second-order valence-electron chi connectivity index (χ2n) is 3.84. The molecule has 0 aliphatic heterocycles. The number of hydrogen-bond donors (Lipinski definition) is 2. The fourth-order valence-electron chi connectivity index (χ4n) is 1.82. The topological polar surface area (TPSA) is 127 Å². The Bertz CT molecular complexity index is 725. The molecule has 0 fully saturated rings. The van der Waals surface area contributed by atoms with Crippen LogP contribution in [0.3, 0.4) is 0 Å². The molecule has 0 bridgehead atoms. The monoisotopic (exact) mass is 692 g/mol. The number of fused-ring (bicyclic) bond motifs is 3. The number of hydrogen-bond acceptors (Lipinski definition) is 4. The SMILES string of the molecule is O=[N+]([O-])O.O=[N+]([O-])O.[Pt].[Pt].[c-]1ccc2ccc3cc[c-]cc3c2c1. The van der Waals surface area contributed by atoms with Crippen LogP contribution in [0.15, 0.2) is 48.5 Å². The summed E-state index contributed by atoms with van der Waals surface area (Å²) in [5, 5.41) is 32.3. The van der Waals surface area contributed by atoms with E-state index in [1.807, 2.05) is 24.3 Å². The minimum Gasteiger partial charge on any atom is -0.328 e. The summed E-state index contributed by atoms with van der Waals surface area (Å²) in [6.07, 6.45) is 0. The van der Waals surface area contributed by atoms with Crippen molar-refractivity contribution in [2.45, 2.75) is 0 Å². The van der Waals surface area contributed by atoms with E-state index in [4.69, 9.17) is 30.6 Å². The van der Waals surface area contributed by atoms with Gasteiger partial charge in [-0.1, -0.05) is 12.1 Å². The largest absolute Gasteiger partial charge is 0.328 e. The average Bonchev–Trinajstić information content (AvgIpc) is 2.46. The number of benzene rings is 3. The summed E-state index contributed by atoms with van der Waals surface area (Å²) in [4.78, 5) is 16.7. The van der Waals surface area contributed by atoms with Gasteiger partial charge in [-0.2, -0.15) is 59.3 Å². The molecule has 0 heterocycles. The van der Waals surface area contributed by atoms with Gasteiger partial charge < -0.3 is 10.4 Å². The van der Waals surface area contributed by atoms with E-state index in [1.54, 1.807) is 0 Å². The Morgan fingerprint density at radius 2 is 1.04 bits per heavy atom. The molecule has 0 saturated heterocycles. The first kappa shape index (κ1) is 24.2. The third-order valence-corrected chi connectivity index (χ3v) is 2.53. The molecular weight excluding hydrogens is 682 g/mol. The van der Waals surface area contributed by atoms with Crippen molar-refractivity contribution in [3.63, 3.8) is 0 Å². The summed E-state index contributed by atoms with van der Waals surface area (Å²) in [6, 6.07) is 22.6. The molecule has 0 spiro atoms. The van der Waals surface area contributed by atoms with Gasteiger partial charge in [0.25, 0.3) is 10.2 Å². The standard InChI is InChI=1S/C14H8.2HNO3.2Pt/c1-3-7-13-11(5-1)9-10-12-6-2-4-8-14(12)13;2*2-1(3)4;;/h1-2,5-10H;2*(H,2,3,4);;/q-2;;;;. The predicted octanol–water partition coefficient (Wildman–Crippen LogP) is 2.89. The van der Waals surface area contributed by atoms with Crippen LogP contribution in [0.1, 0.15) is 0 Å². The quantitative estimate of drug-likeness (QED) is 0.162. The van der Waals surface area contributed by atoms with Crippen LogP contribution in [0, 0.1) is 32.4 Å². The van der Waals surface area contributed by atoms with Gasteiger partial charge in [0.2, 0.25) is 0 Å². The van der Waals surface area contributed by atoms with Crippen molar-refractivity contribution in [3.05, 3.63) is 80.9 Å². The van der Waals surface area contributed by atoms with Gasteiger partial charge in [-0.3, -0.25) is 0 Å². The van der Waals surface area contributed by atoms with E-state index in [1.165, 1.54) is 21.5 Å². The maximum atomic E-state index is 8.36. The van der Waals surface area contributed by atoms with Crippen molar-refractivity contribution < 1.29 is 62.7 Å². The van der Waals surface area contributed by atoms with E-state index in [9.17, 15) is 0 Å². The summed E-state index contributed by atoms with van der Waals surface area (Å²) in [6.45, 7) is 0. The zero-order chi connectivity index (χ0) is 16.5. The summed E-state index contributed by atoms with van der Waals surface area (Å²) < 4.78 is 0. The van der Waals surface area contributed by atoms with Crippen LogP contribution in [-0.2, 0) is 42.1 Å². The molecule has 0 unspecified atom stereocenters. The first-order valence-electron chi connectivity index (χ1n) is 5.77. The normalized spacial score (nSPS) is 8.33. The van der Waals surface area contributed by atoms with Gasteiger partial charge in [0, 0.05) is 42.1 Å². The molecule has 2 N–H and O–H groups in total. The molecular formula is C14H10N2O6Pt2-2. The van der Waals surface area contributed by atoms with Gasteiger partial charge in [0.15, 0.2) is 0 Å². The minimum absolute atomic E-state index is 0. The van der Waals surface area contributed by atoms with Crippen LogP contribution >= 0.6 is 0 Å². The molecule has 3 rings (SSSR count). The molecule has 0 radical (unpaired) electrons. The Hall–Kier alpha value is -2.04. The molecule has 8 nitrogen and oxygen atoms in total. The Morgan fingerprint density at radius 1 is 0.750 bits per heavy atom. The van der Waals surface area contributed by atoms with Crippen molar-refractivity contribution in [1.82, 2.24) is 0 Å². The molecule has 10 heteroatoms. The Labute approximate surface area is 164 Å². The maximum absolute atomic E-state index is 8.36. The van der Waals surface area contributed by atoms with Crippen molar-refractivity contribution >= 4 is 21.5 Å². The van der Waals surface area contributed by atoms with Crippen molar-refractivity contribution in [2.75, 3.05) is 0 Å². The second-order valence-corrected chi connectivity index (χ2v) is 3.84. The fourth-order valence-corrected chi connectivity index (χ4v) is 1.82. The molecule has 24 heavy (non-hydrogen) atoms. The zero-order valence-corrected chi connectivity index (χ0v) is 16.2. The number of rotatable bonds is 0. The summed E-state index contributed by atoms with van der Waals surface area (Å²) >= 11 is 0. The van der Waals surface area contributed by atoms with Gasteiger partial charge in [0.05, 0.1) is 0 Å². The van der Waals surface area contributed by atoms with Gasteiger partial charge in [-0.15, -0.1) is 31.0 Å². The van der Waals surface area contributed by atoms with Gasteiger partial charge in [-0.25, -0.2) is 0 Å². The third-order valence-electron chi connectivity index (χ3n) is 2.53. The van der Waals surface area contributed by atoms with E-state index in [2.05, 4.69) is 36.4 Å². The molecule has 134 valence electrons. The Morgan fingerprint density at radius 3 is 1.33 bits per heavy atom. The minimum atomic E-state index is -1.50. The predicted molar refractivity (Wildman–Crippen MR) is 76.7 cm³/mol. The molecule has 0 atom stereocenters. The first-order chi connectivity index (χ1) is 10.4. The third kappa shape index (κ3) is 8.55. The van der Waals surface area contributed by atoms with E-state index in [0.29, 0.717) is 0 Å². The van der Waals surface area contributed by atoms with Gasteiger partial charge >= 0.3 is 0 Å². The molecule has 0 saturated carbocycles.